The second kappa shape index (κ2) is 5.66. The van der Waals surface area contributed by atoms with Gasteiger partial charge in [-0.25, -0.2) is 4.39 Å². The standard InChI is InChI=1S/C13H8ClFN2O3/c14-8-1-4-10(5-2-8)16-13(18)11-6-3-9(15)7-12(11)17(19)20/h1-7H,(H,16,18). The van der Waals surface area contributed by atoms with Crippen molar-refractivity contribution >= 4 is 28.9 Å². The van der Waals surface area contributed by atoms with Crippen LogP contribution in [0.25, 0.3) is 0 Å². The highest BCUT2D eigenvalue weighted by Crippen LogP contribution is 2.21. The number of nitro benzene ring substituents is 1. The highest BCUT2D eigenvalue weighted by Gasteiger charge is 2.21. The smallest absolute Gasteiger partial charge is 0.285 e. The molecular formula is C13H8ClFN2O3. The van der Waals surface area contributed by atoms with Gasteiger partial charge in [0.1, 0.15) is 11.4 Å². The zero-order chi connectivity index (χ0) is 14.7. The number of rotatable bonds is 3. The van der Waals surface area contributed by atoms with Crippen molar-refractivity contribution in [3.63, 3.8) is 0 Å². The van der Waals surface area contributed by atoms with Gasteiger partial charge >= 0.3 is 0 Å². The monoisotopic (exact) mass is 294 g/mol. The van der Waals surface area contributed by atoms with Crippen LogP contribution in [-0.2, 0) is 0 Å². The lowest BCUT2D eigenvalue weighted by molar-refractivity contribution is -0.385. The summed E-state index contributed by atoms with van der Waals surface area (Å²) < 4.78 is 13.0. The van der Waals surface area contributed by atoms with E-state index in [1.165, 1.54) is 0 Å². The second-order valence-corrected chi connectivity index (χ2v) is 4.32. The second-order valence-electron chi connectivity index (χ2n) is 3.88. The molecule has 0 heterocycles. The Balaban J connectivity index is 2.29. The van der Waals surface area contributed by atoms with Crippen LogP contribution in [0.1, 0.15) is 10.4 Å². The molecule has 0 radical (unpaired) electrons. The maximum absolute atomic E-state index is 13.0. The molecule has 0 unspecified atom stereocenters. The first-order valence-corrected chi connectivity index (χ1v) is 5.86. The van der Waals surface area contributed by atoms with E-state index in [0.29, 0.717) is 16.8 Å². The number of anilines is 1. The maximum Gasteiger partial charge on any atom is 0.285 e. The van der Waals surface area contributed by atoms with Crippen molar-refractivity contribution in [1.29, 1.82) is 0 Å². The number of carbonyl (C=O) groups excluding carboxylic acids is 1. The van der Waals surface area contributed by atoms with Gasteiger partial charge in [-0.1, -0.05) is 11.6 Å². The molecule has 5 nitrogen and oxygen atoms in total. The Morgan fingerprint density at radius 2 is 1.85 bits per heavy atom. The van der Waals surface area contributed by atoms with E-state index in [1.54, 1.807) is 24.3 Å². The Labute approximate surface area is 118 Å². The Kier molecular flexibility index (Phi) is 3.95. The lowest BCUT2D eigenvalue weighted by Gasteiger charge is -2.06. The van der Waals surface area contributed by atoms with Crippen molar-refractivity contribution in [2.24, 2.45) is 0 Å². The number of nitrogens with zero attached hydrogens (tertiary/aromatic N) is 1. The van der Waals surface area contributed by atoms with Crippen LogP contribution < -0.4 is 5.32 Å². The zero-order valence-electron chi connectivity index (χ0n) is 9.97. The molecule has 20 heavy (non-hydrogen) atoms. The predicted molar refractivity (Wildman–Crippen MR) is 72.5 cm³/mol. The summed E-state index contributed by atoms with van der Waals surface area (Å²) in [5.74, 6) is -1.47. The summed E-state index contributed by atoms with van der Waals surface area (Å²) in [5.41, 5.74) is -0.374. The summed E-state index contributed by atoms with van der Waals surface area (Å²) in [6.07, 6.45) is 0. The van der Waals surface area contributed by atoms with Crippen LogP contribution in [-0.4, -0.2) is 10.8 Å². The van der Waals surface area contributed by atoms with Crippen molar-refractivity contribution in [3.05, 3.63) is 69.0 Å². The first kappa shape index (κ1) is 14.0. The van der Waals surface area contributed by atoms with Gasteiger partial charge in [-0.05, 0) is 36.4 Å². The minimum Gasteiger partial charge on any atom is -0.322 e. The first-order chi connectivity index (χ1) is 9.47. The van der Waals surface area contributed by atoms with Gasteiger partial charge in [0.05, 0.1) is 11.0 Å². The van der Waals surface area contributed by atoms with E-state index in [4.69, 9.17) is 11.6 Å². The van der Waals surface area contributed by atoms with Gasteiger partial charge in [-0.3, -0.25) is 14.9 Å². The molecule has 0 saturated carbocycles. The first-order valence-electron chi connectivity index (χ1n) is 5.48. The van der Waals surface area contributed by atoms with Crippen molar-refractivity contribution in [2.45, 2.75) is 0 Å². The minimum atomic E-state index is -0.806. The van der Waals surface area contributed by atoms with Gasteiger partial charge in [0, 0.05) is 10.7 Å². The van der Waals surface area contributed by atoms with E-state index in [9.17, 15) is 19.3 Å². The van der Waals surface area contributed by atoms with E-state index in [2.05, 4.69) is 5.32 Å². The average Bonchev–Trinajstić information content (AvgIpc) is 2.41. The largest absolute Gasteiger partial charge is 0.322 e. The molecule has 0 fully saturated rings. The molecule has 1 N–H and O–H groups in total. The third-order valence-corrected chi connectivity index (χ3v) is 2.76. The SMILES string of the molecule is O=C(Nc1ccc(Cl)cc1)c1ccc(F)cc1[N+](=O)[O-]. The molecule has 0 aliphatic carbocycles. The van der Waals surface area contributed by atoms with Gasteiger partial charge in [-0.15, -0.1) is 0 Å². The normalized spacial score (nSPS) is 10.1. The summed E-state index contributed by atoms with van der Waals surface area (Å²) in [6, 6.07) is 9.00. The molecule has 0 saturated heterocycles. The summed E-state index contributed by atoms with van der Waals surface area (Å²) in [7, 11) is 0. The fourth-order valence-electron chi connectivity index (χ4n) is 1.58. The lowest BCUT2D eigenvalue weighted by atomic mass is 10.1. The highest BCUT2D eigenvalue weighted by atomic mass is 35.5. The van der Waals surface area contributed by atoms with E-state index >= 15 is 0 Å². The number of benzene rings is 2. The summed E-state index contributed by atoms with van der Waals surface area (Å²) >= 11 is 5.71. The van der Waals surface area contributed by atoms with Crippen LogP contribution in [0.4, 0.5) is 15.8 Å². The van der Waals surface area contributed by atoms with Crippen LogP contribution >= 0.6 is 11.6 Å². The van der Waals surface area contributed by atoms with Crippen LogP contribution in [0.2, 0.25) is 5.02 Å². The highest BCUT2D eigenvalue weighted by molar-refractivity contribution is 6.30. The zero-order valence-corrected chi connectivity index (χ0v) is 10.7. The fourth-order valence-corrected chi connectivity index (χ4v) is 1.71. The molecule has 2 aromatic carbocycles. The van der Waals surface area contributed by atoms with Gasteiger partial charge < -0.3 is 5.32 Å². The quantitative estimate of drug-likeness (QED) is 0.694. The van der Waals surface area contributed by atoms with E-state index in [1.807, 2.05) is 0 Å². The van der Waals surface area contributed by atoms with Crippen LogP contribution in [0.5, 0.6) is 0 Å². The molecule has 0 aliphatic heterocycles. The molecule has 2 aromatic rings. The van der Waals surface area contributed by atoms with Gasteiger partial charge in [0.25, 0.3) is 11.6 Å². The number of hydrogen-bond donors (Lipinski definition) is 1. The van der Waals surface area contributed by atoms with Crippen molar-refractivity contribution < 1.29 is 14.1 Å². The Hall–Kier alpha value is -2.47. The molecular weight excluding hydrogens is 287 g/mol. The van der Waals surface area contributed by atoms with Crippen molar-refractivity contribution in [3.8, 4) is 0 Å². The molecule has 0 aromatic heterocycles. The Morgan fingerprint density at radius 3 is 2.45 bits per heavy atom. The third kappa shape index (κ3) is 3.10. The molecule has 2 rings (SSSR count). The Bertz CT molecular complexity index is 674. The minimum absolute atomic E-state index is 0.216. The fraction of sp³-hybridized carbons (Fsp3) is 0. The van der Waals surface area contributed by atoms with Crippen molar-refractivity contribution in [2.75, 3.05) is 5.32 Å². The van der Waals surface area contributed by atoms with E-state index in [-0.39, 0.29) is 5.56 Å². The summed E-state index contributed by atoms with van der Waals surface area (Å²) in [4.78, 5) is 22.0. The molecule has 7 heteroatoms. The van der Waals surface area contributed by atoms with Crippen LogP contribution in [0.3, 0.4) is 0 Å². The molecule has 0 spiro atoms. The van der Waals surface area contributed by atoms with Gasteiger partial charge in [0.15, 0.2) is 0 Å². The van der Waals surface area contributed by atoms with Gasteiger partial charge in [-0.2, -0.15) is 0 Å². The molecule has 102 valence electrons. The number of carbonyl (C=O) groups is 1. The van der Waals surface area contributed by atoms with Crippen molar-refractivity contribution in [1.82, 2.24) is 0 Å². The summed E-state index contributed by atoms with van der Waals surface area (Å²) in [6.45, 7) is 0. The number of nitro groups is 1. The summed E-state index contributed by atoms with van der Waals surface area (Å²) in [5, 5.41) is 13.8. The van der Waals surface area contributed by atoms with Gasteiger partial charge in [0.2, 0.25) is 0 Å². The van der Waals surface area contributed by atoms with E-state index < -0.39 is 22.3 Å². The van der Waals surface area contributed by atoms with E-state index in [0.717, 1.165) is 12.1 Å². The Morgan fingerprint density at radius 1 is 1.20 bits per heavy atom. The lowest BCUT2D eigenvalue weighted by Crippen LogP contribution is -2.14. The predicted octanol–water partition coefficient (Wildman–Crippen LogP) is 3.64. The topological polar surface area (TPSA) is 72.2 Å². The third-order valence-electron chi connectivity index (χ3n) is 2.50. The number of nitrogens with one attached hydrogen (secondary N) is 1. The number of halogens is 2. The molecule has 0 bridgehead atoms. The molecule has 1 amide bonds. The molecule has 0 aliphatic rings. The maximum atomic E-state index is 13.0. The molecule has 0 atom stereocenters. The van der Waals surface area contributed by atoms with Crippen LogP contribution in [0.15, 0.2) is 42.5 Å². The van der Waals surface area contributed by atoms with Crippen LogP contribution in [0, 0.1) is 15.9 Å². The average molecular weight is 295 g/mol. The number of amides is 1. The number of hydrogen-bond acceptors (Lipinski definition) is 3.